The number of primary amides is 1. The molecule has 1 atom stereocenters. The van der Waals surface area contributed by atoms with E-state index in [0.717, 1.165) is 5.56 Å². The Morgan fingerprint density at radius 1 is 1.38 bits per heavy atom. The molecule has 1 amide bonds. The number of benzene rings is 1. The zero-order valence-electron chi connectivity index (χ0n) is 9.00. The van der Waals surface area contributed by atoms with E-state index in [4.69, 9.17) is 5.73 Å². The second-order valence-electron chi connectivity index (χ2n) is 3.93. The second-order valence-corrected chi connectivity index (χ2v) is 3.93. The first-order valence-electron chi connectivity index (χ1n) is 4.94. The van der Waals surface area contributed by atoms with Crippen molar-refractivity contribution in [3.8, 4) is 0 Å². The van der Waals surface area contributed by atoms with Crippen LogP contribution in [0.5, 0.6) is 0 Å². The summed E-state index contributed by atoms with van der Waals surface area (Å²) in [5, 5.41) is 7.80. The first-order valence-corrected chi connectivity index (χ1v) is 4.94. The van der Waals surface area contributed by atoms with Crippen LogP contribution in [0.15, 0.2) is 52.6 Å². The maximum absolute atomic E-state index is 10.9. The van der Waals surface area contributed by atoms with Gasteiger partial charge in [-0.3, -0.25) is 4.79 Å². The molecule has 5 nitrogen and oxygen atoms in total. The van der Waals surface area contributed by atoms with Crippen molar-refractivity contribution in [2.45, 2.75) is 6.54 Å². The van der Waals surface area contributed by atoms with E-state index >= 15 is 0 Å². The summed E-state index contributed by atoms with van der Waals surface area (Å²) in [6.45, 7) is 0.654. The van der Waals surface area contributed by atoms with E-state index in [1.807, 2.05) is 37.4 Å². The van der Waals surface area contributed by atoms with E-state index in [-0.39, 0.29) is 10.3 Å². The van der Waals surface area contributed by atoms with Crippen molar-refractivity contribution in [2.24, 2.45) is 16.1 Å². The minimum absolute atomic E-state index is 0.221. The number of hydrogen-bond acceptors (Lipinski definition) is 3. The van der Waals surface area contributed by atoms with Crippen molar-refractivity contribution < 1.29 is 9.39 Å². The van der Waals surface area contributed by atoms with E-state index in [9.17, 15) is 4.79 Å². The molecule has 0 bridgehead atoms. The number of amides is 1. The van der Waals surface area contributed by atoms with E-state index in [1.54, 1.807) is 6.20 Å². The lowest BCUT2D eigenvalue weighted by atomic mass is 10.2. The monoisotopic (exact) mass is 217 g/mol. The molecule has 0 fully saturated rings. The minimum Gasteiger partial charge on any atom is -0.364 e. The first-order chi connectivity index (χ1) is 7.59. The number of rotatable bonds is 3. The second kappa shape index (κ2) is 3.86. The van der Waals surface area contributed by atoms with Crippen LogP contribution in [-0.4, -0.2) is 17.5 Å². The Morgan fingerprint density at radius 3 is 2.62 bits per heavy atom. The molecule has 0 aliphatic carbocycles. The molecule has 0 aromatic heterocycles. The molecular weight excluding hydrogens is 204 g/mol. The van der Waals surface area contributed by atoms with Gasteiger partial charge in [-0.05, 0) is 0 Å². The fraction of sp³-hybridized carbons (Fsp3) is 0.182. The largest absolute Gasteiger partial charge is 0.364 e. The van der Waals surface area contributed by atoms with Crippen LogP contribution in [0.25, 0.3) is 0 Å². The molecule has 2 N–H and O–H groups in total. The molecule has 0 saturated carbocycles. The molecule has 0 spiro atoms. The van der Waals surface area contributed by atoms with Crippen LogP contribution < -0.4 is 5.73 Å². The molecule has 1 aliphatic rings. The van der Waals surface area contributed by atoms with Crippen LogP contribution >= 0.6 is 0 Å². The van der Waals surface area contributed by atoms with Crippen molar-refractivity contribution in [1.29, 1.82) is 0 Å². The van der Waals surface area contributed by atoms with Crippen molar-refractivity contribution in [3.63, 3.8) is 0 Å². The number of nitrogens with zero attached hydrogens (tertiary/aromatic N) is 3. The smallest absolute Gasteiger partial charge is 0.275 e. The maximum Gasteiger partial charge on any atom is 0.275 e. The topological polar surface area (TPSA) is 67.8 Å². The molecular formula is C11H13N4O+. The molecule has 1 aromatic carbocycles. The third-order valence-electron chi connectivity index (χ3n) is 2.36. The van der Waals surface area contributed by atoms with Crippen molar-refractivity contribution in [3.05, 3.63) is 47.8 Å². The van der Waals surface area contributed by atoms with E-state index < -0.39 is 5.91 Å². The summed E-state index contributed by atoms with van der Waals surface area (Å²) < 4.78 is 0.224. The lowest BCUT2D eigenvalue weighted by Gasteiger charge is -2.17. The molecule has 0 radical (unpaired) electrons. The van der Waals surface area contributed by atoms with E-state index in [0.29, 0.717) is 6.54 Å². The van der Waals surface area contributed by atoms with Crippen LogP contribution in [0.3, 0.4) is 0 Å². The lowest BCUT2D eigenvalue weighted by Crippen LogP contribution is -2.29. The van der Waals surface area contributed by atoms with Crippen LogP contribution in [0.2, 0.25) is 0 Å². The number of carbonyl (C=O) groups excluding carboxylic acids is 1. The van der Waals surface area contributed by atoms with Crippen LogP contribution in [0, 0.1) is 0 Å². The summed E-state index contributed by atoms with van der Waals surface area (Å²) in [6, 6.07) is 9.91. The predicted octanol–water partition coefficient (Wildman–Crippen LogP) is 1.34. The van der Waals surface area contributed by atoms with Gasteiger partial charge in [0.1, 0.15) is 6.54 Å². The van der Waals surface area contributed by atoms with Gasteiger partial charge in [-0.15, -0.1) is 4.59 Å². The average Bonchev–Trinajstić information content (AvgIpc) is 2.62. The van der Waals surface area contributed by atoms with Crippen molar-refractivity contribution in [1.82, 2.24) is 0 Å². The van der Waals surface area contributed by atoms with Gasteiger partial charge >= 0.3 is 0 Å². The Labute approximate surface area is 93.4 Å². The van der Waals surface area contributed by atoms with Crippen LogP contribution in [0.4, 0.5) is 0 Å². The van der Waals surface area contributed by atoms with Crippen LogP contribution in [0.1, 0.15) is 5.56 Å². The van der Waals surface area contributed by atoms with Gasteiger partial charge in [0.25, 0.3) is 5.91 Å². The SMILES string of the molecule is C[N+]1(Cc2ccccc2)C=C(C(N)=O)N=N1. The molecule has 1 heterocycles. The number of carbonyl (C=O) groups is 1. The number of hydrogen-bond donors (Lipinski definition) is 1. The highest BCUT2D eigenvalue weighted by atomic mass is 16.1. The summed E-state index contributed by atoms with van der Waals surface area (Å²) in [6.07, 6.45) is 1.66. The Bertz CT molecular complexity index is 466. The molecule has 2 rings (SSSR count). The zero-order valence-corrected chi connectivity index (χ0v) is 9.00. The van der Waals surface area contributed by atoms with Gasteiger partial charge in [-0.25, -0.2) is 0 Å². The quantitative estimate of drug-likeness (QED) is 0.763. The first kappa shape index (κ1) is 10.5. The summed E-state index contributed by atoms with van der Waals surface area (Å²) in [5.74, 6) is -0.543. The molecule has 1 aliphatic heterocycles. The zero-order chi connectivity index (χ0) is 11.6. The molecule has 5 heteroatoms. The number of nitrogens with two attached hydrogens (primary N) is 1. The van der Waals surface area contributed by atoms with Gasteiger partial charge in [0.2, 0.25) is 5.70 Å². The van der Waals surface area contributed by atoms with Gasteiger partial charge in [0.15, 0.2) is 6.20 Å². The normalized spacial score (nSPS) is 23.2. The van der Waals surface area contributed by atoms with Gasteiger partial charge in [-0.1, -0.05) is 35.4 Å². The van der Waals surface area contributed by atoms with Gasteiger partial charge < -0.3 is 5.73 Å². The van der Waals surface area contributed by atoms with Crippen LogP contribution in [-0.2, 0) is 11.3 Å². The van der Waals surface area contributed by atoms with E-state index in [1.165, 1.54) is 0 Å². The molecule has 82 valence electrons. The summed E-state index contributed by atoms with van der Waals surface area (Å²) in [7, 11) is 1.87. The third-order valence-corrected chi connectivity index (χ3v) is 2.36. The maximum atomic E-state index is 10.9. The lowest BCUT2D eigenvalue weighted by molar-refractivity contribution is -0.881. The molecule has 1 aromatic rings. The van der Waals surface area contributed by atoms with Crippen molar-refractivity contribution >= 4 is 5.91 Å². The highest BCUT2D eigenvalue weighted by Crippen LogP contribution is 2.22. The molecule has 16 heavy (non-hydrogen) atoms. The molecule has 0 saturated heterocycles. The van der Waals surface area contributed by atoms with E-state index in [2.05, 4.69) is 10.3 Å². The standard InChI is InChI=1S/C11H12N4O/c1-15(7-9-5-3-2-4-6-9)8-10(11(12)16)13-14-15/h2-6,8H,7H2,1H3,(H-,12,16)/p+1. The van der Waals surface area contributed by atoms with Gasteiger partial charge in [0.05, 0.1) is 7.05 Å². The Hall–Kier alpha value is -2.01. The highest BCUT2D eigenvalue weighted by molar-refractivity contribution is 5.91. The Balaban J connectivity index is 2.18. The fourth-order valence-electron chi connectivity index (χ4n) is 1.61. The summed E-state index contributed by atoms with van der Waals surface area (Å²) in [4.78, 5) is 10.9. The third kappa shape index (κ3) is 2.14. The van der Waals surface area contributed by atoms with Crippen molar-refractivity contribution in [2.75, 3.05) is 7.05 Å². The fourth-order valence-corrected chi connectivity index (χ4v) is 1.61. The minimum atomic E-state index is -0.543. The van der Waals surface area contributed by atoms with Gasteiger partial charge in [0, 0.05) is 10.8 Å². The molecule has 1 unspecified atom stereocenters. The summed E-state index contributed by atoms with van der Waals surface area (Å²) >= 11 is 0. The highest BCUT2D eigenvalue weighted by Gasteiger charge is 2.29. The summed E-state index contributed by atoms with van der Waals surface area (Å²) in [5.41, 5.74) is 6.49. The number of quaternary nitrogens is 1. The Kier molecular flexibility index (Phi) is 2.54. The predicted molar refractivity (Wildman–Crippen MR) is 58.5 cm³/mol. The Morgan fingerprint density at radius 2 is 2.06 bits per heavy atom. The average molecular weight is 217 g/mol. The van der Waals surface area contributed by atoms with Gasteiger partial charge in [-0.2, -0.15) is 0 Å².